The zero-order chi connectivity index (χ0) is 12.5. The van der Waals surface area contributed by atoms with Gasteiger partial charge in [-0.2, -0.15) is 0 Å². The van der Waals surface area contributed by atoms with Gasteiger partial charge in [0.25, 0.3) is 0 Å². The average molecular weight is 239 g/mol. The summed E-state index contributed by atoms with van der Waals surface area (Å²) in [5, 5.41) is 0. The highest BCUT2D eigenvalue weighted by atomic mass is 16.5. The van der Waals surface area contributed by atoms with E-state index >= 15 is 0 Å². The van der Waals surface area contributed by atoms with E-state index in [9.17, 15) is 0 Å². The van der Waals surface area contributed by atoms with E-state index < -0.39 is 0 Å². The second kappa shape index (κ2) is 4.46. The van der Waals surface area contributed by atoms with Gasteiger partial charge in [0.2, 0.25) is 0 Å². The number of hydrogen-bond acceptors (Lipinski definition) is 2. The fourth-order valence-corrected chi connectivity index (χ4v) is 2.38. The van der Waals surface area contributed by atoms with E-state index in [4.69, 9.17) is 4.74 Å². The minimum Gasteiger partial charge on any atom is -0.457 e. The van der Waals surface area contributed by atoms with Crippen molar-refractivity contribution in [2.45, 2.75) is 20.0 Å². The van der Waals surface area contributed by atoms with Crippen LogP contribution in [0.4, 0.5) is 0 Å². The topological polar surface area (TPSA) is 12.5 Å². The molecular formula is C16H17NO. The molecule has 2 nitrogen and oxygen atoms in total. The first-order valence-electron chi connectivity index (χ1n) is 6.26. The second-order valence-electron chi connectivity index (χ2n) is 4.99. The molecule has 1 heterocycles. The van der Waals surface area contributed by atoms with Gasteiger partial charge >= 0.3 is 0 Å². The first-order valence-corrected chi connectivity index (χ1v) is 6.26. The van der Waals surface area contributed by atoms with Crippen LogP contribution in [0.5, 0.6) is 11.5 Å². The predicted molar refractivity (Wildman–Crippen MR) is 72.9 cm³/mol. The van der Waals surface area contributed by atoms with Crippen LogP contribution in [-0.2, 0) is 13.1 Å². The minimum atomic E-state index is 0.920. The molecule has 0 amide bonds. The van der Waals surface area contributed by atoms with E-state index in [-0.39, 0.29) is 0 Å². The third kappa shape index (κ3) is 2.12. The molecule has 0 bridgehead atoms. The number of ether oxygens (including phenoxy) is 1. The van der Waals surface area contributed by atoms with E-state index in [1.165, 1.54) is 16.7 Å². The lowest BCUT2D eigenvalue weighted by molar-refractivity contribution is 0.298. The quantitative estimate of drug-likeness (QED) is 0.694. The maximum Gasteiger partial charge on any atom is 0.132 e. The Morgan fingerprint density at radius 2 is 1.67 bits per heavy atom. The lowest BCUT2D eigenvalue weighted by atomic mass is 10.1. The van der Waals surface area contributed by atoms with Crippen LogP contribution in [0.1, 0.15) is 16.7 Å². The van der Waals surface area contributed by atoms with Crippen molar-refractivity contribution in [3.05, 3.63) is 59.2 Å². The number of benzene rings is 2. The van der Waals surface area contributed by atoms with Gasteiger partial charge < -0.3 is 4.74 Å². The summed E-state index contributed by atoms with van der Waals surface area (Å²) in [4.78, 5) is 2.32. The summed E-state index contributed by atoms with van der Waals surface area (Å²) < 4.78 is 6.08. The molecule has 0 atom stereocenters. The summed E-state index contributed by atoms with van der Waals surface area (Å²) in [6, 6.07) is 14.7. The molecule has 1 aliphatic heterocycles. The fraction of sp³-hybridized carbons (Fsp3) is 0.250. The van der Waals surface area contributed by atoms with Crippen molar-refractivity contribution in [1.82, 2.24) is 4.90 Å². The van der Waals surface area contributed by atoms with E-state index in [1.54, 1.807) is 0 Å². The highest BCUT2D eigenvalue weighted by Crippen LogP contribution is 2.32. The van der Waals surface area contributed by atoms with Gasteiger partial charge in [-0.05, 0) is 31.7 Å². The van der Waals surface area contributed by atoms with Crippen LogP contribution >= 0.6 is 0 Å². The summed E-state index contributed by atoms with van der Waals surface area (Å²) in [5.41, 5.74) is 3.72. The van der Waals surface area contributed by atoms with Gasteiger partial charge in [0.1, 0.15) is 11.5 Å². The van der Waals surface area contributed by atoms with Gasteiger partial charge in [0, 0.05) is 24.2 Å². The zero-order valence-corrected chi connectivity index (χ0v) is 10.8. The van der Waals surface area contributed by atoms with Crippen LogP contribution in [0.15, 0.2) is 42.5 Å². The Morgan fingerprint density at radius 1 is 0.944 bits per heavy atom. The zero-order valence-electron chi connectivity index (χ0n) is 10.8. The average Bonchev–Trinajstić information content (AvgIpc) is 2.33. The van der Waals surface area contributed by atoms with Crippen molar-refractivity contribution in [3.63, 3.8) is 0 Å². The third-order valence-corrected chi connectivity index (χ3v) is 3.30. The van der Waals surface area contributed by atoms with Crippen LogP contribution in [0, 0.1) is 6.92 Å². The van der Waals surface area contributed by atoms with Crippen molar-refractivity contribution in [2.75, 3.05) is 7.05 Å². The molecule has 18 heavy (non-hydrogen) atoms. The summed E-state index contributed by atoms with van der Waals surface area (Å²) in [6.45, 7) is 3.94. The molecule has 0 aromatic heterocycles. The number of nitrogens with zero attached hydrogens (tertiary/aromatic N) is 1. The van der Waals surface area contributed by atoms with Crippen LogP contribution in [-0.4, -0.2) is 11.9 Å². The standard InChI is InChI=1S/C16H17NO/c1-12-7-8-14-11-17(2)10-13-5-3-4-6-15(13)18-16(14)9-12/h3-9H,10-11H2,1-2H3. The van der Waals surface area contributed by atoms with Crippen molar-refractivity contribution < 1.29 is 4.74 Å². The Labute approximate surface area is 108 Å². The molecule has 0 saturated carbocycles. The monoisotopic (exact) mass is 239 g/mol. The van der Waals surface area contributed by atoms with Gasteiger partial charge in [-0.1, -0.05) is 30.3 Å². The van der Waals surface area contributed by atoms with Gasteiger partial charge in [-0.15, -0.1) is 0 Å². The Morgan fingerprint density at radius 3 is 2.50 bits per heavy atom. The van der Waals surface area contributed by atoms with Crippen molar-refractivity contribution >= 4 is 0 Å². The molecule has 0 N–H and O–H groups in total. The molecular weight excluding hydrogens is 222 g/mol. The SMILES string of the molecule is Cc1ccc2c(c1)Oc1ccccc1CN(C)C2. The Bertz CT molecular complexity index is 577. The van der Waals surface area contributed by atoms with Crippen LogP contribution in [0.25, 0.3) is 0 Å². The van der Waals surface area contributed by atoms with Gasteiger partial charge in [0.05, 0.1) is 0 Å². The Balaban J connectivity index is 2.10. The maximum absolute atomic E-state index is 6.08. The molecule has 3 rings (SSSR count). The molecule has 1 aliphatic rings. The molecule has 0 spiro atoms. The molecule has 2 aromatic rings. The summed E-state index contributed by atoms with van der Waals surface area (Å²) in [5.74, 6) is 1.95. The minimum absolute atomic E-state index is 0.920. The molecule has 2 aromatic carbocycles. The molecule has 0 fully saturated rings. The van der Waals surface area contributed by atoms with Gasteiger partial charge in [-0.25, -0.2) is 0 Å². The van der Waals surface area contributed by atoms with E-state index in [1.807, 2.05) is 12.1 Å². The predicted octanol–water partition coefficient (Wildman–Crippen LogP) is 3.73. The molecule has 0 unspecified atom stereocenters. The van der Waals surface area contributed by atoms with E-state index in [0.717, 1.165) is 24.6 Å². The first-order chi connectivity index (χ1) is 8.72. The summed E-state index contributed by atoms with van der Waals surface area (Å²) in [6.07, 6.45) is 0. The van der Waals surface area contributed by atoms with Crippen LogP contribution < -0.4 is 4.74 Å². The van der Waals surface area contributed by atoms with E-state index in [2.05, 4.69) is 49.2 Å². The first kappa shape index (κ1) is 11.3. The molecule has 0 saturated heterocycles. The molecule has 0 radical (unpaired) electrons. The highest BCUT2D eigenvalue weighted by molar-refractivity contribution is 5.44. The third-order valence-electron chi connectivity index (χ3n) is 3.30. The van der Waals surface area contributed by atoms with Crippen LogP contribution in [0.2, 0.25) is 0 Å². The molecule has 0 aliphatic carbocycles. The highest BCUT2D eigenvalue weighted by Gasteiger charge is 2.15. The largest absolute Gasteiger partial charge is 0.457 e. The second-order valence-corrected chi connectivity index (χ2v) is 4.99. The van der Waals surface area contributed by atoms with Crippen molar-refractivity contribution in [2.24, 2.45) is 0 Å². The van der Waals surface area contributed by atoms with Gasteiger partial charge in [-0.3, -0.25) is 4.90 Å². The Kier molecular flexibility index (Phi) is 2.80. The van der Waals surface area contributed by atoms with Gasteiger partial charge in [0.15, 0.2) is 0 Å². The van der Waals surface area contributed by atoms with Crippen molar-refractivity contribution in [1.29, 1.82) is 0 Å². The van der Waals surface area contributed by atoms with E-state index in [0.29, 0.717) is 0 Å². The van der Waals surface area contributed by atoms with Crippen molar-refractivity contribution in [3.8, 4) is 11.5 Å². The number of rotatable bonds is 0. The fourth-order valence-electron chi connectivity index (χ4n) is 2.38. The lowest BCUT2D eigenvalue weighted by Crippen LogP contribution is -2.19. The Hall–Kier alpha value is -1.80. The molecule has 92 valence electrons. The summed E-state index contributed by atoms with van der Waals surface area (Å²) >= 11 is 0. The summed E-state index contributed by atoms with van der Waals surface area (Å²) in [7, 11) is 2.14. The molecule has 2 heteroatoms. The normalized spacial score (nSPS) is 15.0. The van der Waals surface area contributed by atoms with Crippen LogP contribution in [0.3, 0.4) is 0 Å². The lowest BCUT2D eigenvalue weighted by Gasteiger charge is -2.24. The maximum atomic E-state index is 6.08. The number of para-hydroxylation sites is 1. The number of aryl methyl sites for hydroxylation is 1. The smallest absolute Gasteiger partial charge is 0.132 e. The number of fused-ring (bicyclic) bond motifs is 2. The number of hydrogen-bond donors (Lipinski definition) is 0.